The van der Waals surface area contributed by atoms with Gasteiger partial charge in [-0.25, -0.2) is 4.98 Å². The molecule has 0 aliphatic carbocycles. The standard InChI is InChI=1S/C14H19N3O/c1-10-4-5-14(18-3)12(8-10)13(15)9-17-7-6-16-11(17)2/h4-8,13H,9,15H2,1-3H3. The highest BCUT2D eigenvalue weighted by molar-refractivity contribution is 5.39. The van der Waals surface area contributed by atoms with Crippen molar-refractivity contribution in [2.24, 2.45) is 5.73 Å². The van der Waals surface area contributed by atoms with Crippen molar-refractivity contribution in [2.75, 3.05) is 7.11 Å². The number of ether oxygens (including phenoxy) is 1. The lowest BCUT2D eigenvalue weighted by molar-refractivity contribution is 0.401. The van der Waals surface area contributed by atoms with Gasteiger partial charge in [0.1, 0.15) is 11.6 Å². The predicted molar refractivity (Wildman–Crippen MR) is 71.6 cm³/mol. The molecule has 2 aromatic rings. The molecular formula is C14H19N3O. The maximum absolute atomic E-state index is 6.27. The highest BCUT2D eigenvalue weighted by Crippen LogP contribution is 2.26. The number of rotatable bonds is 4. The van der Waals surface area contributed by atoms with Crippen LogP contribution < -0.4 is 10.5 Å². The van der Waals surface area contributed by atoms with E-state index in [1.54, 1.807) is 13.3 Å². The summed E-state index contributed by atoms with van der Waals surface area (Å²) in [5, 5.41) is 0. The summed E-state index contributed by atoms with van der Waals surface area (Å²) in [5.41, 5.74) is 8.49. The van der Waals surface area contributed by atoms with Gasteiger partial charge in [0, 0.05) is 24.5 Å². The molecule has 4 heteroatoms. The Bertz CT molecular complexity index is 534. The van der Waals surface area contributed by atoms with Crippen molar-refractivity contribution in [3.8, 4) is 5.75 Å². The average molecular weight is 245 g/mol. The summed E-state index contributed by atoms with van der Waals surface area (Å²) in [6.45, 7) is 4.73. The van der Waals surface area contributed by atoms with Gasteiger partial charge in [-0.2, -0.15) is 0 Å². The third-order valence-corrected chi connectivity index (χ3v) is 3.10. The molecule has 0 aliphatic heterocycles. The molecule has 0 saturated heterocycles. The van der Waals surface area contributed by atoms with Crippen LogP contribution in [-0.4, -0.2) is 16.7 Å². The van der Waals surface area contributed by atoms with Gasteiger partial charge in [-0.3, -0.25) is 0 Å². The van der Waals surface area contributed by atoms with Crippen molar-refractivity contribution in [3.63, 3.8) is 0 Å². The Labute approximate surface area is 107 Å². The van der Waals surface area contributed by atoms with Gasteiger partial charge in [-0.15, -0.1) is 0 Å². The summed E-state index contributed by atoms with van der Waals surface area (Å²) in [4.78, 5) is 4.20. The quantitative estimate of drug-likeness (QED) is 0.898. The van der Waals surface area contributed by atoms with Crippen molar-refractivity contribution < 1.29 is 4.74 Å². The molecule has 0 radical (unpaired) electrons. The number of imidazole rings is 1. The van der Waals surface area contributed by atoms with Gasteiger partial charge in [0.05, 0.1) is 13.2 Å². The Morgan fingerprint density at radius 2 is 2.17 bits per heavy atom. The zero-order valence-corrected chi connectivity index (χ0v) is 11.1. The van der Waals surface area contributed by atoms with E-state index in [1.807, 2.05) is 29.8 Å². The zero-order chi connectivity index (χ0) is 13.1. The minimum atomic E-state index is -0.104. The molecule has 0 fully saturated rings. The molecule has 4 nitrogen and oxygen atoms in total. The van der Waals surface area contributed by atoms with Crippen LogP contribution in [-0.2, 0) is 6.54 Å². The van der Waals surface area contributed by atoms with Gasteiger partial charge < -0.3 is 15.0 Å². The summed E-state index contributed by atoms with van der Waals surface area (Å²) in [6, 6.07) is 5.96. The van der Waals surface area contributed by atoms with Gasteiger partial charge in [-0.05, 0) is 19.9 Å². The molecule has 2 rings (SSSR count). The number of benzene rings is 1. The van der Waals surface area contributed by atoms with E-state index in [2.05, 4.69) is 18.0 Å². The van der Waals surface area contributed by atoms with E-state index in [4.69, 9.17) is 10.5 Å². The van der Waals surface area contributed by atoms with Crippen molar-refractivity contribution in [2.45, 2.75) is 26.4 Å². The first-order valence-corrected chi connectivity index (χ1v) is 5.99. The second-order valence-electron chi connectivity index (χ2n) is 4.48. The van der Waals surface area contributed by atoms with Crippen LogP contribution >= 0.6 is 0 Å². The minimum absolute atomic E-state index is 0.104. The second kappa shape index (κ2) is 5.23. The number of methoxy groups -OCH3 is 1. The lowest BCUT2D eigenvalue weighted by Crippen LogP contribution is -2.19. The SMILES string of the molecule is COc1ccc(C)cc1C(N)Cn1ccnc1C. The largest absolute Gasteiger partial charge is 0.496 e. The fraction of sp³-hybridized carbons (Fsp3) is 0.357. The van der Waals surface area contributed by atoms with Crippen LogP contribution in [0, 0.1) is 13.8 Å². The molecule has 1 unspecified atom stereocenters. The van der Waals surface area contributed by atoms with Crippen LogP contribution in [0.5, 0.6) is 5.75 Å². The molecule has 1 atom stereocenters. The van der Waals surface area contributed by atoms with E-state index in [1.165, 1.54) is 5.56 Å². The van der Waals surface area contributed by atoms with Crippen molar-refractivity contribution in [1.29, 1.82) is 0 Å². The monoisotopic (exact) mass is 245 g/mol. The second-order valence-corrected chi connectivity index (χ2v) is 4.48. The molecule has 1 heterocycles. The predicted octanol–water partition coefficient (Wildman–Crippen LogP) is 2.21. The molecule has 1 aromatic heterocycles. The molecule has 2 N–H and O–H groups in total. The number of aryl methyl sites for hydroxylation is 2. The van der Waals surface area contributed by atoms with Crippen LogP contribution in [0.3, 0.4) is 0 Å². The van der Waals surface area contributed by atoms with E-state index >= 15 is 0 Å². The van der Waals surface area contributed by atoms with E-state index < -0.39 is 0 Å². The number of aromatic nitrogens is 2. The Morgan fingerprint density at radius 1 is 1.39 bits per heavy atom. The molecule has 0 spiro atoms. The average Bonchev–Trinajstić information content (AvgIpc) is 2.75. The summed E-state index contributed by atoms with van der Waals surface area (Å²) >= 11 is 0. The van der Waals surface area contributed by atoms with Crippen LogP contribution in [0.2, 0.25) is 0 Å². The molecule has 0 bridgehead atoms. The van der Waals surface area contributed by atoms with Crippen molar-refractivity contribution in [1.82, 2.24) is 9.55 Å². The molecule has 0 amide bonds. The third kappa shape index (κ3) is 2.54. The Hall–Kier alpha value is -1.81. The summed E-state index contributed by atoms with van der Waals surface area (Å²) in [6.07, 6.45) is 3.73. The van der Waals surface area contributed by atoms with Crippen molar-refractivity contribution in [3.05, 3.63) is 47.5 Å². The Kier molecular flexibility index (Phi) is 3.67. The molecule has 1 aromatic carbocycles. The van der Waals surface area contributed by atoms with Crippen LogP contribution in [0.15, 0.2) is 30.6 Å². The van der Waals surface area contributed by atoms with Crippen LogP contribution in [0.1, 0.15) is 23.0 Å². The highest BCUT2D eigenvalue weighted by atomic mass is 16.5. The van der Waals surface area contributed by atoms with Gasteiger partial charge in [0.2, 0.25) is 0 Å². The lowest BCUT2D eigenvalue weighted by Gasteiger charge is -2.17. The molecule has 18 heavy (non-hydrogen) atoms. The van der Waals surface area contributed by atoms with E-state index in [0.717, 1.165) is 17.1 Å². The maximum atomic E-state index is 6.27. The normalized spacial score (nSPS) is 12.4. The first-order valence-electron chi connectivity index (χ1n) is 5.99. The molecule has 0 saturated carbocycles. The fourth-order valence-corrected chi connectivity index (χ4v) is 2.05. The number of hydrogen-bond acceptors (Lipinski definition) is 3. The topological polar surface area (TPSA) is 53.1 Å². The maximum Gasteiger partial charge on any atom is 0.123 e. The van der Waals surface area contributed by atoms with Gasteiger partial charge in [-0.1, -0.05) is 17.7 Å². The number of nitrogens with two attached hydrogens (primary N) is 1. The zero-order valence-electron chi connectivity index (χ0n) is 11.1. The Balaban J connectivity index is 2.25. The highest BCUT2D eigenvalue weighted by Gasteiger charge is 2.13. The third-order valence-electron chi connectivity index (χ3n) is 3.10. The van der Waals surface area contributed by atoms with Gasteiger partial charge in [0.25, 0.3) is 0 Å². The first-order chi connectivity index (χ1) is 8.61. The lowest BCUT2D eigenvalue weighted by atomic mass is 10.0. The number of hydrogen-bond donors (Lipinski definition) is 1. The van der Waals surface area contributed by atoms with Crippen LogP contribution in [0.25, 0.3) is 0 Å². The molecule has 96 valence electrons. The number of nitrogens with zero attached hydrogens (tertiary/aromatic N) is 2. The molecule has 0 aliphatic rings. The van der Waals surface area contributed by atoms with Gasteiger partial charge in [0.15, 0.2) is 0 Å². The van der Waals surface area contributed by atoms with Gasteiger partial charge >= 0.3 is 0 Å². The van der Waals surface area contributed by atoms with E-state index in [0.29, 0.717) is 6.54 Å². The summed E-state index contributed by atoms with van der Waals surface area (Å²) < 4.78 is 7.41. The minimum Gasteiger partial charge on any atom is -0.496 e. The van der Waals surface area contributed by atoms with Crippen molar-refractivity contribution >= 4 is 0 Å². The summed E-state index contributed by atoms with van der Waals surface area (Å²) in [7, 11) is 1.67. The summed E-state index contributed by atoms with van der Waals surface area (Å²) in [5.74, 6) is 1.81. The van der Waals surface area contributed by atoms with E-state index in [9.17, 15) is 0 Å². The fourth-order valence-electron chi connectivity index (χ4n) is 2.05. The molecular weight excluding hydrogens is 226 g/mol. The van der Waals surface area contributed by atoms with Crippen LogP contribution in [0.4, 0.5) is 0 Å². The smallest absolute Gasteiger partial charge is 0.123 e. The van der Waals surface area contributed by atoms with E-state index in [-0.39, 0.29) is 6.04 Å². The Morgan fingerprint density at radius 3 is 2.78 bits per heavy atom. The first kappa shape index (κ1) is 12.6.